The molecule has 1 aromatic carbocycles. The van der Waals surface area contributed by atoms with E-state index in [2.05, 4.69) is 22.4 Å². The summed E-state index contributed by atoms with van der Waals surface area (Å²) >= 11 is 1.72. The summed E-state index contributed by atoms with van der Waals surface area (Å²) in [5.74, 6) is 0.166. The minimum Gasteiger partial charge on any atom is -0.348 e. The summed E-state index contributed by atoms with van der Waals surface area (Å²) in [6.07, 6.45) is 4.37. The van der Waals surface area contributed by atoms with Crippen LogP contribution in [0.2, 0.25) is 0 Å². The SMILES string of the molecule is CN1C(=O)Cc2cc(-c3csc(N4CCCCC4)n3)ccc21. The molecule has 0 atom stereocenters. The van der Waals surface area contributed by atoms with Crippen molar-refractivity contribution in [3.8, 4) is 11.3 Å². The highest BCUT2D eigenvalue weighted by molar-refractivity contribution is 7.14. The van der Waals surface area contributed by atoms with Crippen molar-refractivity contribution in [2.75, 3.05) is 29.9 Å². The Hall–Kier alpha value is -1.88. The zero-order chi connectivity index (χ0) is 15.1. The second-order valence-electron chi connectivity index (χ2n) is 6.04. The van der Waals surface area contributed by atoms with Crippen LogP contribution in [0.25, 0.3) is 11.3 Å². The largest absolute Gasteiger partial charge is 0.348 e. The first-order chi connectivity index (χ1) is 10.7. The van der Waals surface area contributed by atoms with Gasteiger partial charge in [0.1, 0.15) is 0 Å². The van der Waals surface area contributed by atoms with E-state index in [9.17, 15) is 4.79 Å². The molecule has 3 heterocycles. The van der Waals surface area contributed by atoms with Crippen LogP contribution in [0.1, 0.15) is 24.8 Å². The molecule has 0 radical (unpaired) electrons. The minimum atomic E-state index is 0.166. The zero-order valence-corrected chi connectivity index (χ0v) is 13.5. The first-order valence-corrected chi connectivity index (χ1v) is 8.71. The van der Waals surface area contributed by atoms with Crippen LogP contribution in [0.3, 0.4) is 0 Å². The highest BCUT2D eigenvalue weighted by Crippen LogP contribution is 2.34. The van der Waals surface area contributed by atoms with Crippen LogP contribution in [0, 0.1) is 0 Å². The molecule has 2 aromatic rings. The topological polar surface area (TPSA) is 36.4 Å². The van der Waals surface area contributed by atoms with E-state index in [1.165, 1.54) is 19.3 Å². The molecule has 2 aliphatic rings. The third-order valence-corrected chi connectivity index (χ3v) is 5.47. The Balaban J connectivity index is 1.62. The summed E-state index contributed by atoms with van der Waals surface area (Å²) in [6.45, 7) is 2.24. The second kappa shape index (κ2) is 5.39. The summed E-state index contributed by atoms with van der Waals surface area (Å²) in [7, 11) is 1.84. The van der Waals surface area contributed by atoms with Crippen molar-refractivity contribution in [1.82, 2.24) is 4.98 Å². The van der Waals surface area contributed by atoms with Crippen molar-refractivity contribution in [3.05, 3.63) is 29.1 Å². The number of rotatable bonds is 2. The molecule has 0 saturated carbocycles. The quantitative estimate of drug-likeness (QED) is 0.853. The van der Waals surface area contributed by atoms with Gasteiger partial charge in [0.15, 0.2) is 5.13 Å². The van der Waals surface area contributed by atoms with Crippen molar-refractivity contribution in [2.24, 2.45) is 0 Å². The van der Waals surface area contributed by atoms with Crippen LogP contribution < -0.4 is 9.80 Å². The summed E-state index contributed by atoms with van der Waals surface area (Å²) in [4.78, 5) is 20.7. The fourth-order valence-corrected chi connectivity index (χ4v) is 4.15. The van der Waals surface area contributed by atoms with Gasteiger partial charge in [0.05, 0.1) is 12.1 Å². The standard InChI is InChI=1S/C17H19N3OS/c1-19-15-6-5-12(9-13(15)10-16(19)21)14-11-22-17(18-14)20-7-3-2-4-8-20/h5-6,9,11H,2-4,7-8,10H2,1H3. The van der Waals surface area contributed by atoms with E-state index in [-0.39, 0.29) is 5.91 Å². The number of aromatic nitrogens is 1. The van der Waals surface area contributed by atoms with E-state index < -0.39 is 0 Å². The van der Waals surface area contributed by atoms with Crippen LogP contribution in [-0.2, 0) is 11.2 Å². The van der Waals surface area contributed by atoms with Gasteiger partial charge in [-0.15, -0.1) is 11.3 Å². The Morgan fingerprint density at radius 2 is 2.00 bits per heavy atom. The predicted octanol–water partition coefficient (Wildman–Crippen LogP) is 3.32. The maximum absolute atomic E-state index is 11.8. The number of hydrogen-bond donors (Lipinski definition) is 0. The van der Waals surface area contributed by atoms with E-state index >= 15 is 0 Å². The summed E-state index contributed by atoms with van der Waals surface area (Å²) in [5, 5.41) is 3.26. The van der Waals surface area contributed by atoms with E-state index in [0.717, 1.165) is 40.7 Å². The highest BCUT2D eigenvalue weighted by Gasteiger charge is 2.24. The monoisotopic (exact) mass is 313 g/mol. The van der Waals surface area contributed by atoms with Gasteiger partial charge in [0.25, 0.3) is 0 Å². The number of nitrogens with zero attached hydrogens (tertiary/aromatic N) is 3. The molecule has 114 valence electrons. The Morgan fingerprint density at radius 3 is 2.82 bits per heavy atom. The lowest BCUT2D eigenvalue weighted by molar-refractivity contribution is -0.117. The van der Waals surface area contributed by atoms with Crippen LogP contribution in [0.5, 0.6) is 0 Å². The summed E-state index contributed by atoms with van der Waals surface area (Å²) in [5.41, 5.74) is 4.27. The number of thiazole rings is 1. The van der Waals surface area contributed by atoms with Crippen molar-refractivity contribution in [3.63, 3.8) is 0 Å². The van der Waals surface area contributed by atoms with Gasteiger partial charge in [-0.2, -0.15) is 0 Å². The lowest BCUT2D eigenvalue weighted by Crippen LogP contribution is -2.29. The van der Waals surface area contributed by atoms with Crippen molar-refractivity contribution < 1.29 is 4.79 Å². The van der Waals surface area contributed by atoms with Crippen molar-refractivity contribution >= 4 is 28.1 Å². The number of carbonyl (C=O) groups is 1. The fourth-order valence-electron chi connectivity index (χ4n) is 3.26. The van der Waals surface area contributed by atoms with E-state index in [1.54, 1.807) is 16.2 Å². The maximum Gasteiger partial charge on any atom is 0.231 e. The number of benzene rings is 1. The number of likely N-dealkylation sites (N-methyl/N-ethyl adjacent to an activating group) is 1. The molecule has 0 N–H and O–H groups in total. The number of fused-ring (bicyclic) bond motifs is 1. The zero-order valence-electron chi connectivity index (χ0n) is 12.7. The molecule has 0 bridgehead atoms. The molecular weight excluding hydrogens is 294 g/mol. The molecule has 0 aliphatic carbocycles. The highest BCUT2D eigenvalue weighted by atomic mass is 32.1. The molecule has 4 nitrogen and oxygen atoms in total. The van der Waals surface area contributed by atoms with Crippen LogP contribution in [0.15, 0.2) is 23.6 Å². The molecular formula is C17H19N3OS. The predicted molar refractivity (Wildman–Crippen MR) is 90.7 cm³/mol. The van der Waals surface area contributed by atoms with Gasteiger partial charge < -0.3 is 9.80 Å². The third kappa shape index (κ3) is 2.29. The van der Waals surface area contributed by atoms with E-state index in [1.807, 2.05) is 13.1 Å². The van der Waals surface area contributed by atoms with Gasteiger partial charge in [0, 0.05) is 36.8 Å². The number of carbonyl (C=O) groups excluding carboxylic acids is 1. The molecule has 4 rings (SSSR count). The smallest absolute Gasteiger partial charge is 0.231 e. The summed E-state index contributed by atoms with van der Waals surface area (Å²) in [6, 6.07) is 6.23. The average molecular weight is 313 g/mol. The Morgan fingerprint density at radius 1 is 1.18 bits per heavy atom. The van der Waals surface area contributed by atoms with Gasteiger partial charge in [0.2, 0.25) is 5.91 Å². The van der Waals surface area contributed by atoms with Crippen molar-refractivity contribution in [2.45, 2.75) is 25.7 Å². The van der Waals surface area contributed by atoms with Crippen LogP contribution in [0.4, 0.5) is 10.8 Å². The minimum absolute atomic E-state index is 0.166. The average Bonchev–Trinajstić information content (AvgIpc) is 3.14. The Kier molecular flexibility index (Phi) is 3.37. The maximum atomic E-state index is 11.8. The van der Waals surface area contributed by atoms with Crippen LogP contribution in [-0.4, -0.2) is 31.0 Å². The van der Waals surface area contributed by atoms with Gasteiger partial charge in [-0.05, 0) is 37.0 Å². The number of anilines is 2. The van der Waals surface area contributed by atoms with E-state index in [0.29, 0.717) is 6.42 Å². The number of piperidine rings is 1. The Bertz CT molecular complexity index is 718. The summed E-state index contributed by atoms with van der Waals surface area (Å²) < 4.78 is 0. The van der Waals surface area contributed by atoms with Gasteiger partial charge in [-0.1, -0.05) is 6.07 Å². The molecule has 1 saturated heterocycles. The molecule has 1 aromatic heterocycles. The number of amides is 1. The molecule has 5 heteroatoms. The Labute approximate surface area is 134 Å². The molecule has 22 heavy (non-hydrogen) atoms. The first-order valence-electron chi connectivity index (χ1n) is 7.83. The normalized spacial score (nSPS) is 18.0. The van der Waals surface area contributed by atoms with Gasteiger partial charge in [-0.25, -0.2) is 4.98 Å². The molecule has 1 amide bonds. The number of hydrogen-bond acceptors (Lipinski definition) is 4. The van der Waals surface area contributed by atoms with Crippen LogP contribution >= 0.6 is 11.3 Å². The van der Waals surface area contributed by atoms with Crippen molar-refractivity contribution in [1.29, 1.82) is 0 Å². The third-order valence-electron chi connectivity index (χ3n) is 4.57. The molecule has 2 aliphatic heterocycles. The van der Waals surface area contributed by atoms with Gasteiger partial charge in [-0.3, -0.25) is 4.79 Å². The molecule has 1 fully saturated rings. The fraction of sp³-hybridized carbons (Fsp3) is 0.412. The molecule has 0 spiro atoms. The van der Waals surface area contributed by atoms with E-state index in [4.69, 9.17) is 4.98 Å². The second-order valence-corrected chi connectivity index (χ2v) is 6.87. The van der Waals surface area contributed by atoms with Gasteiger partial charge >= 0.3 is 0 Å². The first kappa shape index (κ1) is 13.8. The lowest BCUT2D eigenvalue weighted by atomic mass is 10.1. The lowest BCUT2D eigenvalue weighted by Gasteiger charge is -2.25. The molecule has 0 unspecified atom stereocenters.